The molecular formula is C54H37NO. The molecular weight excluding hydrogens is 679 g/mol. The van der Waals surface area contributed by atoms with Crippen LogP contribution in [0.5, 0.6) is 11.5 Å². The lowest BCUT2D eigenvalue weighted by Crippen LogP contribution is -2.32. The predicted molar refractivity (Wildman–Crippen MR) is 231 cm³/mol. The fourth-order valence-electron chi connectivity index (χ4n) is 10.3. The number of hydrogen-bond acceptors (Lipinski definition) is 2. The van der Waals surface area contributed by atoms with Gasteiger partial charge in [-0.05, 0) is 103 Å². The highest BCUT2D eigenvalue weighted by molar-refractivity contribution is 5.97. The van der Waals surface area contributed by atoms with E-state index in [1.165, 1.54) is 71.8 Å². The summed E-state index contributed by atoms with van der Waals surface area (Å²) in [5.41, 5.74) is 15.5. The first-order valence-corrected chi connectivity index (χ1v) is 19.6. The van der Waals surface area contributed by atoms with Crippen molar-refractivity contribution in [2.75, 3.05) is 4.90 Å². The highest BCUT2D eigenvalue weighted by Gasteiger charge is 2.51. The molecule has 0 aromatic heterocycles. The van der Waals surface area contributed by atoms with Crippen LogP contribution in [0, 0.1) is 0 Å². The minimum Gasteiger partial charge on any atom is -0.456 e. The van der Waals surface area contributed by atoms with Gasteiger partial charge in [0.1, 0.15) is 11.5 Å². The van der Waals surface area contributed by atoms with Gasteiger partial charge in [-0.25, -0.2) is 0 Å². The average Bonchev–Trinajstić information content (AvgIpc) is 3.66. The zero-order chi connectivity index (χ0) is 37.2. The molecule has 1 heterocycles. The Morgan fingerprint density at radius 2 is 0.911 bits per heavy atom. The summed E-state index contributed by atoms with van der Waals surface area (Å²) in [6.45, 7) is 4.73. The van der Waals surface area contributed by atoms with E-state index in [1.54, 1.807) is 0 Å². The Morgan fingerprint density at radius 3 is 1.71 bits per heavy atom. The van der Waals surface area contributed by atoms with Crippen LogP contribution in [0.15, 0.2) is 188 Å². The van der Waals surface area contributed by atoms with Gasteiger partial charge >= 0.3 is 0 Å². The zero-order valence-electron chi connectivity index (χ0n) is 31.3. The van der Waals surface area contributed by atoms with Crippen LogP contribution in [0.2, 0.25) is 0 Å². The van der Waals surface area contributed by atoms with Gasteiger partial charge in [0.2, 0.25) is 0 Å². The van der Waals surface area contributed by atoms with Crippen LogP contribution in [-0.2, 0) is 10.8 Å². The molecule has 0 N–H and O–H groups in total. The summed E-state index contributed by atoms with van der Waals surface area (Å²) in [7, 11) is 0. The number of nitrogens with zero attached hydrogens (tertiary/aromatic N) is 1. The van der Waals surface area contributed by atoms with Gasteiger partial charge in [-0.15, -0.1) is 0 Å². The lowest BCUT2D eigenvalue weighted by atomic mass is 9.65. The zero-order valence-corrected chi connectivity index (χ0v) is 31.3. The number of benzene rings is 9. The molecule has 9 aromatic carbocycles. The van der Waals surface area contributed by atoms with E-state index in [0.717, 1.165) is 33.9 Å². The summed E-state index contributed by atoms with van der Waals surface area (Å²) < 4.78 is 6.94. The highest BCUT2D eigenvalue weighted by Crippen LogP contribution is 2.63. The second-order valence-electron chi connectivity index (χ2n) is 16.1. The van der Waals surface area contributed by atoms with E-state index in [4.69, 9.17) is 4.74 Å². The quantitative estimate of drug-likeness (QED) is 0.181. The molecule has 1 atom stereocenters. The second kappa shape index (κ2) is 11.3. The van der Waals surface area contributed by atoms with E-state index >= 15 is 0 Å². The van der Waals surface area contributed by atoms with Crippen LogP contribution in [0.4, 0.5) is 17.1 Å². The van der Waals surface area contributed by atoms with Crippen molar-refractivity contribution in [2.45, 2.75) is 24.7 Å². The van der Waals surface area contributed by atoms with E-state index in [0.29, 0.717) is 0 Å². The molecule has 264 valence electrons. The number of hydrogen-bond donors (Lipinski definition) is 0. The summed E-state index contributed by atoms with van der Waals surface area (Å²) in [6.07, 6.45) is 0. The van der Waals surface area contributed by atoms with E-state index in [9.17, 15) is 0 Å². The Labute approximate surface area is 326 Å². The predicted octanol–water partition coefficient (Wildman–Crippen LogP) is 14.2. The Hall–Kier alpha value is -6.90. The van der Waals surface area contributed by atoms with Gasteiger partial charge in [-0.2, -0.15) is 0 Å². The van der Waals surface area contributed by atoms with Gasteiger partial charge in [-0.1, -0.05) is 159 Å². The SMILES string of the molecule is CC1(C)c2ccccc2-c2ccc(N(c3ccc4c(c3)C3(c5ccccc5Oc5c3ccc3ccccc53)c3ccccc3-4)c3ccc4ccccc4c3)cc21. The van der Waals surface area contributed by atoms with Crippen molar-refractivity contribution in [3.8, 4) is 33.8 Å². The lowest BCUT2D eigenvalue weighted by Gasteiger charge is -2.40. The largest absolute Gasteiger partial charge is 0.456 e. The minimum absolute atomic E-state index is 0.126. The third-order valence-electron chi connectivity index (χ3n) is 12.9. The van der Waals surface area contributed by atoms with Crippen molar-refractivity contribution in [1.82, 2.24) is 0 Å². The molecule has 3 aliphatic rings. The van der Waals surface area contributed by atoms with E-state index < -0.39 is 5.41 Å². The molecule has 1 spiro atoms. The third kappa shape index (κ3) is 4.11. The molecule has 1 aliphatic heterocycles. The number of para-hydroxylation sites is 1. The molecule has 0 fully saturated rings. The van der Waals surface area contributed by atoms with Crippen LogP contribution >= 0.6 is 0 Å². The third-order valence-corrected chi connectivity index (χ3v) is 12.9. The first-order valence-electron chi connectivity index (χ1n) is 19.6. The maximum Gasteiger partial charge on any atom is 0.140 e. The van der Waals surface area contributed by atoms with Crippen LogP contribution in [0.25, 0.3) is 43.8 Å². The smallest absolute Gasteiger partial charge is 0.140 e. The molecule has 2 heteroatoms. The summed E-state index contributed by atoms with van der Waals surface area (Å²) in [5, 5.41) is 4.74. The van der Waals surface area contributed by atoms with Crippen LogP contribution in [0.3, 0.4) is 0 Å². The summed E-state index contributed by atoms with van der Waals surface area (Å²) in [6, 6.07) is 69.5. The van der Waals surface area contributed by atoms with E-state index in [-0.39, 0.29) is 5.41 Å². The Balaban J connectivity index is 1.15. The molecule has 0 saturated heterocycles. The van der Waals surface area contributed by atoms with Gasteiger partial charge < -0.3 is 9.64 Å². The normalized spacial score (nSPS) is 16.4. The lowest BCUT2D eigenvalue weighted by molar-refractivity contribution is 0.441. The van der Waals surface area contributed by atoms with Gasteiger partial charge in [0.05, 0.1) is 5.41 Å². The topological polar surface area (TPSA) is 12.5 Å². The van der Waals surface area contributed by atoms with Gasteiger partial charge in [0.15, 0.2) is 0 Å². The Bertz CT molecular complexity index is 3120. The minimum atomic E-state index is -0.591. The number of anilines is 3. The molecule has 0 radical (unpaired) electrons. The summed E-state index contributed by atoms with van der Waals surface area (Å²) in [5.74, 6) is 1.83. The molecule has 1 unspecified atom stereocenters. The monoisotopic (exact) mass is 715 g/mol. The fourth-order valence-corrected chi connectivity index (χ4v) is 10.3. The second-order valence-corrected chi connectivity index (χ2v) is 16.1. The molecule has 9 aromatic rings. The Kier molecular flexibility index (Phi) is 6.36. The molecule has 2 nitrogen and oxygen atoms in total. The molecule has 0 saturated carbocycles. The van der Waals surface area contributed by atoms with Gasteiger partial charge in [-0.3, -0.25) is 0 Å². The van der Waals surface area contributed by atoms with Crippen LogP contribution in [0.1, 0.15) is 47.2 Å². The van der Waals surface area contributed by atoms with Crippen molar-refractivity contribution in [3.05, 3.63) is 221 Å². The first-order chi connectivity index (χ1) is 27.5. The van der Waals surface area contributed by atoms with Crippen molar-refractivity contribution in [1.29, 1.82) is 0 Å². The molecule has 56 heavy (non-hydrogen) atoms. The molecule has 0 amide bonds. The fraction of sp³-hybridized carbons (Fsp3) is 0.0741. The molecule has 0 bridgehead atoms. The van der Waals surface area contributed by atoms with Gasteiger partial charge in [0, 0.05) is 39.0 Å². The van der Waals surface area contributed by atoms with E-state index in [2.05, 4.69) is 207 Å². The average molecular weight is 716 g/mol. The first kappa shape index (κ1) is 31.5. The number of ether oxygens (including phenoxy) is 1. The van der Waals surface area contributed by atoms with Crippen molar-refractivity contribution in [3.63, 3.8) is 0 Å². The van der Waals surface area contributed by atoms with Gasteiger partial charge in [0.25, 0.3) is 0 Å². The summed E-state index contributed by atoms with van der Waals surface area (Å²) in [4.78, 5) is 2.47. The highest BCUT2D eigenvalue weighted by atomic mass is 16.5. The number of rotatable bonds is 3. The van der Waals surface area contributed by atoms with Crippen molar-refractivity contribution < 1.29 is 4.74 Å². The molecule has 12 rings (SSSR count). The Morgan fingerprint density at radius 1 is 0.375 bits per heavy atom. The maximum absolute atomic E-state index is 6.94. The van der Waals surface area contributed by atoms with Crippen molar-refractivity contribution >= 4 is 38.6 Å². The van der Waals surface area contributed by atoms with E-state index in [1.807, 2.05) is 0 Å². The van der Waals surface area contributed by atoms with Crippen molar-refractivity contribution in [2.24, 2.45) is 0 Å². The summed E-state index contributed by atoms with van der Waals surface area (Å²) >= 11 is 0. The van der Waals surface area contributed by atoms with Crippen LogP contribution < -0.4 is 9.64 Å². The maximum atomic E-state index is 6.94. The number of fused-ring (bicyclic) bond motifs is 15. The van der Waals surface area contributed by atoms with Crippen LogP contribution in [-0.4, -0.2) is 0 Å². The molecule has 2 aliphatic carbocycles. The standard InChI is InChI=1S/C54H37NO/c1-53(2)45-19-9-7-17-41(45)43-28-26-38(32-49(43)53)55(37-25-23-34-13-3-4-15-36(34)31-37)39-27-29-44-42-18-8-10-20-46(42)54(50(44)33-39)47-21-11-12-22-51(47)56-52-40-16-6-5-14-35(40)24-30-48(52)54/h3-33H,1-2H3.